The maximum absolute atomic E-state index is 13.0. The third kappa shape index (κ3) is 5.00. The zero-order valence-corrected chi connectivity index (χ0v) is 18.9. The monoisotopic (exact) mass is 441 g/mol. The summed E-state index contributed by atoms with van der Waals surface area (Å²) in [6.07, 6.45) is 1.74. The van der Waals surface area contributed by atoms with E-state index >= 15 is 0 Å². The summed E-state index contributed by atoms with van der Waals surface area (Å²) in [6, 6.07) is 17.0. The topological polar surface area (TPSA) is 60.9 Å². The Kier molecular flexibility index (Phi) is 6.74. The number of likely N-dealkylation sites (tertiary alicyclic amines) is 1. The maximum Gasteiger partial charge on any atom is 0.243 e. The van der Waals surface area contributed by atoms with Crippen molar-refractivity contribution in [1.82, 2.24) is 14.1 Å². The van der Waals surface area contributed by atoms with E-state index in [1.54, 1.807) is 24.3 Å². The number of benzene rings is 2. The molecule has 0 N–H and O–H groups in total. The van der Waals surface area contributed by atoms with Crippen molar-refractivity contribution in [1.29, 1.82) is 0 Å². The lowest BCUT2D eigenvalue weighted by atomic mass is 9.94. The molecule has 0 aliphatic carbocycles. The number of carbonyl (C=O) groups is 1. The molecule has 2 aromatic carbocycles. The Morgan fingerprint density at radius 1 is 0.871 bits per heavy atom. The highest BCUT2D eigenvalue weighted by molar-refractivity contribution is 7.89. The van der Waals surface area contributed by atoms with Crippen LogP contribution in [0.4, 0.5) is 0 Å². The first kappa shape index (κ1) is 22.0. The number of hydrogen-bond donors (Lipinski definition) is 0. The number of rotatable bonds is 5. The lowest BCUT2D eigenvalue weighted by molar-refractivity contribution is -0.138. The minimum Gasteiger partial charge on any atom is -0.340 e. The van der Waals surface area contributed by atoms with Crippen molar-refractivity contribution in [3.8, 4) is 0 Å². The van der Waals surface area contributed by atoms with Gasteiger partial charge in [0.2, 0.25) is 15.9 Å². The van der Waals surface area contributed by atoms with E-state index < -0.39 is 10.0 Å². The smallest absolute Gasteiger partial charge is 0.243 e. The zero-order valence-electron chi connectivity index (χ0n) is 18.1. The van der Waals surface area contributed by atoms with Crippen molar-refractivity contribution < 1.29 is 13.2 Å². The number of hydrogen-bond acceptors (Lipinski definition) is 4. The second-order valence-corrected chi connectivity index (χ2v) is 10.5. The van der Waals surface area contributed by atoms with Crippen LogP contribution in [0.15, 0.2) is 59.5 Å². The number of piperidine rings is 1. The Labute approximate surface area is 185 Å². The van der Waals surface area contributed by atoms with Gasteiger partial charge >= 0.3 is 0 Å². The maximum atomic E-state index is 13.0. The fraction of sp³-hybridized carbons (Fsp3) is 0.458. The number of amides is 1. The molecule has 0 aromatic heterocycles. The molecule has 0 unspecified atom stereocenters. The first-order valence-electron chi connectivity index (χ1n) is 11.1. The Balaban J connectivity index is 1.27. The molecule has 0 atom stereocenters. The standard InChI is InChI=1S/C24H31N3O3S/c1-20-7-5-6-8-22(20)19-25-13-11-21(12-14-25)24(28)26-15-17-27(18-16-26)31(29,30)23-9-3-2-4-10-23/h2-10,21H,11-19H2,1H3. The van der Waals surface area contributed by atoms with Crippen LogP contribution in [0, 0.1) is 12.8 Å². The normalized spacial score (nSPS) is 19.5. The summed E-state index contributed by atoms with van der Waals surface area (Å²) in [5.74, 6) is 0.234. The van der Waals surface area contributed by atoms with Crippen LogP contribution in [-0.2, 0) is 21.4 Å². The lowest BCUT2D eigenvalue weighted by Crippen LogP contribution is -2.52. The average molecular weight is 442 g/mol. The molecule has 6 nitrogen and oxygen atoms in total. The Hall–Kier alpha value is -2.22. The molecule has 7 heteroatoms. The third-order valence-corrected chi connectivity index (χ3v) is 8.44. The summed E-state index contributed by atoms with van der Waals surface area (Å²) in [7, 11) is -3.49. The van der Waals surface area contributed by atoms with Crippen LogP contribution in [0.25, 0.3) is 0 Å². The van der Waals surface area contributed by atoms with Crippen LogP contribution in [0.1, 0.15) is 24.0 Å². The van der Waals surface area contributed by atoms with Gasteiger partial charge in [-0.2, -0.15) is 4.31 Å². The van der Waals surface area contributed by atoms with E-state index in [0.717, 1.165) is 32.5 Å². The molecular formula is C24H31N3O3S. The molecule has 2 aliphatic rings. The number of nitrogens with zero attached hydrogens (tertiary/aromatic N) is 3. The summed E-state index contributed by atoms with van der Waals surface area (Å²) in [6.45, 7) is 6.57. The van der Waals surface area contributed by atoms with E-state index in [1.807, 2.05) is 11.0 Å². The van der Waals surface area contributed by atoms with E-state index in [9.17, 15) is 13.2 Å². The summed E-state index contributed by atoms with van der Waals surface area (Å²) in [4.78, 5) is 17.6. The first-order chi connectivity index (χ1) is 14.9. The van der Waals surface area contributed by atoms with Crippen LogP contribution in [0.3, 0.4) is 0 Å². The zero-order chi connectivity index (χ0) is 21.8. The Morgan fingerprint density at radius 3 is 2.13 bits per heavy atom. The van der Waals surface area contributed by atoms with Gasteiger partial charge in [-0.3, -0.25) is 9.69 Å². The minimum absolute atomic E-state index is 0.0467. The molecule has 2 heterocycles. The van der Waals surface area contributed by atoms with Gasteiger partial charge in [0.05, 0.1) is 4.90 Å². The molecule has 31 heavy (non-hydrogen) atoms. The minimum atomic E-state index is -3.49. The van der Waals surface area contributed by atoms with Gasteiger partial charge in [-0.05, 0) is 56.1 Å². The highest BCUT2D eigenvalue weighted by Gasteiger charge is 2.33. The molecular weight excluding hydrogens is 410 g/mol. The van der Waals surface area contributed by atoms with Crippen molar-refractivity contribution in [2.45, 2.75) is 31.2 Å². The molecule has 0 radical (unpaired) electrons. The Morgan fingerprint density at radius 2 is 1.48 bits per heavy atom. The molecule has 1 amide bonds. The van der Waals surface area contributed by atoms with Gasteiger partial charge in [0.25, 0.3) is 0 Å². The van der Waals surface area contributed by atoms with Gasteiger partial charge < -0.3 is 4.90 Å². The highest BCUT2D eigenvalue weighted by atomic mass is 32.2. The number of sulfonamides is 1. The van der Waals surface area contributed by atoms with Crippen LogP contribution in [0.2, 0.25) is 0 Å². The lowest BCUT2D eigenvalue weighted by Gasteiger charge is -2.38. The van der Waals surface area contributed by atoms with Crippen LogP contribution in [0.5, 0.6) is 0 Å². The fourth-order valence-corrected chi connectivity index (χ4v) is 5.96. The SMILES string of the molecule is Cc1ccccc1CN1CCC(C(=O)N2CCN(S(=O)(=O)c3ccccc3)CC2)CC1. The molecule has 2 aliphatic heterocycles. The van der Waals surface area contributed by atoms with E-state index in [2.05, 4.69) is 36.1 Å². The van der Waals surface area contributed by atoms with Gasteiger partial charge in [0.15, 0.2) is 0 Å². The second-order valence-electron chi connectivity index (χ2n) is 8.52. The third-order valence-electron chi connectivity index (χ3n) is 6.52. The predicted molar refractivity (Wildman–Crippen MR) is 121 cm³/mol. The van der Waals surface area contributed by atoms with Crippen molar-refractivity contribution in [3.05, 3.63) is 65.7 Å². The molecule has 4 rings (SSSR count). The van der Waals surface area contributed by atoms with Crippen LogP contribution in [-0.4, -0.2) is 67.7 Å². The molecule has 0 saturated carbocycles. The van der Waals surface area contributed by atoms with Crippen molar-refractivity contribution in [2.24, 2.45) is 5.92 Å². The highest BCUT2D eigenvalue weighted by Crippen LogP contribution is 2.24. The number of carbonyl (C=O) groups excluding carboxylic acids is 1. The van der Waals surface area contributed by atoms with Crippen molar-refractivity contribution in [3.63, 3.8) is 0 Å². The van der Waals surface area contributed by atoms with Gasteiger partial charge in [0.1, 0.15) is 0 Å². The van der Waals surface area contributed by atoms with E-state index in [4.69, 9.17) is 0 Å². The largest absolute Gasteiger partial charge is 0.340 e. The molecule has 0 spiro atoms. The Bertz CT molecular complexity index is 994. The van der Waals surface area contributed by atoms with E-state index in [0.29, 0.717) is 31.1 Å². The molecule has 2 saturated heterocycles. The van der Waals surface area contributed by atoms with Crippen LogP contribution >= 0.6 is 0 Å². The molecule has 2 aromatic rings. The van der Waals surface area contributed by atoms with Gasteiger partial charge in [-0.25, -0.2) is 8.42 Å². The fourth-order valence-electron chi connectivity index (χ4n) is 4.52. The number of aryl methyl sites for hydroxylation is 1. The molecule has 166 valence electrons. The summed E-state index contributed by atoms with van der Waals surface area (Å²) < 4.78 is 27.1. The predicted octanol–water partition coefficient (Wildman–Crippen LogP) is 2.74. The van der Waals surface area contributed by atoms with Gasteiger partial charge in [-0.1, -0.05) is 42.5 Å². The van der Waals surface area contributed by atoms with Gasteiger partial charge in [-0.15, -0.1) is 0 Å². The quantitative estimate of drug-likeness (QED) is 0.716. The molecule has 0 bridgehead atoms. The average Bonchev–Trinajstić information content (AvgIpc) is 2.81. The van der Waals surface area contributed by atoms with E-state index in [1.165, 1.54) is 15.4 Å². The van der Waals surface area contributed by atoms with Gasteiger partial charge in [0, 0.05) is 38.6 Å². The summed E-state index contributed by atoms with van der Waals surface area (Å²) in [5.41, 5.74) is 2.66. The summed E-state index contributed by atoms with van der Waals surface area (Å²) >= 11 is 0. The number of piperazine rings is 1. The molecule has 2 fully saturated rings. The second kappa shape index (κ2) is 9.51. The first-order valence-corrected chi connectivity index (χ1v) is 12.5. The summed E-state index contributed by atoms with van der Waals surface area (Å²) in [5, 5.41) is 0. The van der Waals surface area contributed by atoms with Crippen LogP contribution < -0.4 is 0 Å². The van der Waals surface area contributed by atoms with Crippen molar-refractivity contribution >= 4 is 15.9 Å². The van der Waals surface area contributed by atoms with Crippen molar-refractivity contribution in [2.75, 3.05) is 39.3 Å². The van der Waals surface area contributed by atoms with E-state index in [-0.39, 0.29) is 11.8 Å².